The number of rotatable bonds is 11. The van der Waals surface area contributed by atoms with Crippen LogP contribution in [-0.4, -0.2) is 48.9 Å². The highest BCUT2D eigenvalue weighted by molar-refractivity contribution is 7.85. The van der Waals surface area contributed by atoms with Gasteiger partial charge in [-0.25, -0.2) is 14.5 Å². The third kappa shape index (κ3) is 6.62. The second kappa shape index (κ2) is 12.0. The number of nitrogens with zero attached hydrogens (tertiary/aromatic N) is 3. The summed E-state index contributed by atoms with van der Waals surface area (Å²) < 4.78 is 40.0. The monoisotopic (exact) mass is 566 g/mol. The Hall–Kier alpha value is -4.75. The molecule has 0 radical (unpaired) electrons. The number of nitrogen functional groups attached to an aromatic ring is 1. The average molecular weight is 567 g/mol. The number of esters is 1. The molecule has 208 valence electrons. The van der Waals surface area contributed by atoms with Gasteiger partial charge in [0.15, 0.2) is 5.69 Å². The van der Waals surface area contributed by atoms with Crippen molar-refractivity contribution in [3.8, 4) is 22.8 Å². The van der Waals surface area contributed by atoms with Crippen LogP contribution in [0.25, 0.3) is 11.3 Å². The van der Waals surface area contributed by atoms with Crippen LogP contribution in [0.1, 0.15) is 34.2 Å². The molecule has 3 aromatic carbocycles. The summed E-state index contributed by atoms with van der Waals surface area (Å²) in [5.41, 5.74) is 1.16. The number of nitro groups is 1. The number of hydrogen-bond donors (Lipinski definition) is 1. The van der Waals surface area contributed by atoms with Crippen LogP contribution in [0.5, 0.6) is 11.5 Å². The van der Waals surface area contributed by atoms with E-state index in [9.17, 15) is 23.3 Å². The molecule has 0 saturated carbocycles. The number of ether oxygens (including phenoxy) is 2. The molecular weight excluding hydrogens is 540 g/mol. The van der Waals surface area contributed by atoms with Crippen LogP contribution in [-0.2, 0) is 19.0 Å². The maximum absolute atomic E-state index is 12.8. The summed E-state index contributed by atoms with van der Waals surface area (Å²) in [6.07, 6.45) is 1.01. The first-order valence-corrected chi connectivity index (χ1v) is 13.8. The van der Waals surface area contributed by atoms with Gasteiger partial charge in [-0.05, 0) is 48.4 Å². The summed E-state index contributed by atoms with van der Waals surface area (Å²) in [6, 6.07) is 21.7. The zero-order valence-electron chi connectivity index (χ0n) is 21.6. The molecule has 0 amide bonds. The number of imidazole rings is 1. The molecule has 0 aliphatic heterocycles. The number of para-hydroxylation sites is 1. The quantitative estimate of drug-likeness (QED) is 0.0911. The van der Waals surface area contributed by atoms with Gasteiger partial charge in [-0.3, -0.25) is 14.3 Å². The third-order valence-corrected chi connectivity index (χ3v) is 6.54. The summed E-state index contributed by atoms with van der Waals surface area (Å²) in [4.78, 5) is 28.1. The Morgan fingerprint density at radius 2 is 1.65 bits per heavy atom. The van der Waals surface area contributed by atoms with E-state index < -0.39 is 26.9 Å². The number of carbonyl (C=O) groups excluding carboxylic acids is 1. The van der Waals surface area contributed by atoms with Gasteiger partial charge in [0, 0.05) is 23.6 Å². The van der Waals surface area contributed by atoms with Gasteiger partial charge in [0.25, 0.3) is 15.8 Å². The number of aromatic nitrogens is 2. The van der Waals surface area contributed by atoms with Gasteiger partial charge < -0.3 is 15.3 Å². The first kappa shape index (κ1) is 28.3. The molecule has 0 spiro atoms. The van der Waals surface area contributed by atoms with Crippen molar-refractivity contribution in [1.29, 1.82) is 0 Å². The SMILES string of the molecule is COC(=O)c1c(-c2ccc(Oc3ccccc3)cc2)nc(C(CCOS(C)(=O)=O)c2ccc([N+](=O)[O-])cc2)n1N. The molecule has 0 bridgehead atoms. The van der Waals surface area contributed by atoms with Crippen LogP contribution >= 0.6 is 0 Å². The molecule has 0 fully saturated rings. The van der Waals surface area contributed by atoms with E-state index in [1.54, 1.807) is 24.3 Å². The summed E-state index contributed by atoms with van der Waals surface area (Å²) >= 11 is 0. The molecule has 1 unspecified atom stereocenters. The Kier molecular flexibility index (Phi) is 8.46. The Bertz CT molecular complexity index is 1600. The number of nitro benzene ring substituents is 1. The van der Waals surface area contributed by atoms with E-state index in [0.717, 1.165) is 10.9 Å². The molecule has 4 aromatic rings. The molecule has 1 heterocycles. The van der Waals surface area contributed by atoms with Crippen molar-refractivity contribution in [1.82, 2.24) is 9.66 Å². The Morgan fingerprint density at radius 3 is 2.23 bits per heavy atom. The highest BCUT2D eigenvalue weighted by atomic mass is 32.2. The summed E-state index contributed by atoms with van der Waals surface area (Å²) in [6.45, 7) is -0.220. The van der Waals surface area contributed by atoms with E-state index in [4.69, 9.17) is 19.5 Å². The zero-order chi connectivity index (χ0) is 28.9. The van der Waals surface area contributed by atoms with Crippen molar-refractivity contribution >= 4 is 21.8 Å². The lowest BCUT2D eigenvalue weighted by atomic mass is 9.95. The van der Waals surface area contributed by atoms with Crippen molar-refractivity contribution in [2.24, 2.45) is 0 Å². The van der Waals surface area contributed by atoms with Crippen molar-refractivity contribution in [2.45, 2.75) is 12.3 Å². The molecule has 0 aliphatic carbocycles. The second-order valence-electron chi connectivity index (χ2n) is 8.68. The van der Waals surface area contributed by atoms with Gasteiger partial charge in [0.1, 0.15) is 23.0 Å². The normalized spacial score (nSPS) is 12.1. The number of methoxy groups -OCH3 is 1. The standard InChI is InChI=1S/C27H26N4O8S/c1-37-27(32)25-24(19-10-14-22(15-11-19)39-21-6-4-3-5-7-21)29-26(30(25)28)23(16-17-38-40(2,35)36)18-8-12-20(13-9-18)31(33)34/h3-15,23H,16-17,28H2,1-2H3. The van der Waals surface area contributed by atoms with E-state index in [1.807, 2.05) is 30.3 Å². The molecule has 0 saturated heterocycles. The lowest BCUT2D eigenvalue weighted by Crippen LogP contribution is -2.23. The average Bonchev–Trinajstić information content (AvgIpc) is 3.27. The van der Waals surface area contributed by atoms with Gasteiger partial charge in [0.05, 0.1) is 24.9 Å². The largest absolute Gasteiger partial charge is 0.464 e. The van der Waals surface area contributed by atoms with Crippen molar-refractivity contribution in [2.75, 3.05) is 25.8 Å². The molecule has 12 nitrogen and oxygen atoms in total. The summed E-state index contributed by atoms with van der Waals surface area (Å²) in [5, 5.41) is 11.1. The predicted molar refractivity (Wildman–Crippen MR) is 146 cm³/mol. The van der Waals surface area contributed by atoms with E-state index in [0.29, 0.717) is 22.6 Å². The molecule has 13 heteroatoms. The molecule has 4 rings (SSSR count). The van der Waals surface area contributed by atoms with Gasteiger partial charge in [-0.1, -0.05) is 30.3 Å². The van der Waals surface area contributed by atoms with Gasteiger partial charge in [-0.15, -0.1) is 0 Å². The van der Waals surface area contributed by atoms with Crippen LogP contribution in [0.2, 0.25) is 0 Å². The number of non-ortho nitro benzene ring substituents is 1. The lowest BCUT2D eigenvalue weighted by molar-refractivity contribution is -0.384. The Balaban J connectivity index is 1.75. The predicted octanol–water partition coefficient (Wildman–Crippen LogP) is 4.25. The maximum atomic E-state index is 12.8. The fraction of sp³-hybridized carbons (Fsp3) is 0.185. The van der Waals surface area contributed by atoms with Gasteiger partial charge in [0.2, 0.25) is 0 Å². The van der Waals surface area contributed by atoms with Crippen LogP contribution in [0.15, 0.2) is 78.9 Å². The maximum Gasteiger partial charge on any atom is 0.358 e. The van der Waals surface area contributed by atoms with Crippen molar-refractivity contribution in [3.05, 3.63) is 106 Å². The molecule has 40 heavy (non-hydrogen) atoms. The van der Waals surface area contributed by atoms with Crippen LogP contribution in [0, 0.1) is 10.1 Å². The van der Waals surface area contributed by atoms with E-state index >= 15 is 0 Å². The topological polar surface area (TPSA) is 166 Å². The highest BCUT2D eigenvalue weighted by Gasteiger charge is 2.29. The fourth-order valence-corrected chi connectivity index (χ4v) is 4.48. The van der Waals surface area contributed by atoms with Gasteiger partial charge >= 0.3 is 5.97 Å². The minimum atomic E-state index is -3.74. The highest BCUT2D eigenvalue weighted by Crippen LogP contribution is 2.34. The van der Waals surface area contributed by atoms with Crippen LogP contribution in [0.3, 0.4) is 0 Å². The van der Waals surface area contributed by atoms with Crippen molar-refractivity contribution in [3.63, 3.8) is 0 Å². The summed E-state index contributed by atoms with van der Waals surface area (Å²) in [5.74, 6) is 6.37. The number of hydrogen-bond acceptors (Lipinski definition) is 10. The van der Waals surface area contributed by atoms with E-state index in [2.05, 4.69) is 4.98 Å². The third-order valence-electron chi connectivity index (χ3n) is 5.95. The smallest absolute Gasteiger partial charge is 0.358 e. The van der Waals surface area contributed by atoms with E-state index in [1.165, 1.54) is 31.4 Å². The van der Waals surface area contributed by atoms with Crippen LogP contribution < -0.4 is 10.6 Å². The van der Waals surface area contributed by atoms with Gasteiger partial charge in [-0.2, -0.15) is 8.42 Å². The number of nitrogens with two attached hydrogens (primary N) is 1. The molecule has 1 aromatic heterocycles. The second-order valence-corrected chi connectivity index (χ2v) is 10.3. The van der Waals surface area contributed by atoms with Crippen molar-refractivity contribution < 1.29 is 31.8 Å². The minimum absolute atomic E-state index is 0.0369. The first-order valence-electron chi connectivity index (χ1n) is 12.0. The molecule has 1 atom stereocenters. The zero-order valence-corrected chi connectivity index (χ0v) is 22.4. The Morgan fingerprint density at radius 1 is 1.02 bits per heavy atom. The fourth-order valence-electron chi connectivity index (χ4n) is 4.08. The molecule has 0 aliphatic rings. The number of benzene rings is 3. The van der Waals surface area contributed by atoms with E-state index in [-0.39, 0.29) is 35.9 Å². The summed E-state index contributed by atoms with van der Waals surface area (Å²) in [7, 11) is -2.52. The van der Waals surface area contributed by atoms with Crippen LogP contribution in [0.4, 0.5) is 5.69 Å². The molecule has 2 N–H and O–H groups in total. The Labute approximate surface area is 230 Å². The first-order chi connectivity index (χ1) is 19.1. The number of carbonyl (C=O) groups is 1. The minimum Gasteiger partial charge on any atom is -0.464 e. The lowest BCUT2D eigenvalue weighted by Gasteiger charge is -2.17. The molecular formula is C27H26N4O8S.